The lowest BCUT2D eigenvalue weighted by molar-refractivity contribution is 0.339. The average Bonchev–Trinajstić information content (AvgIpc) is 2.14. The third-order valence-corrected chi connectivity index (χ3v) is 2.54. The number of nitriles is 1. The van der Waals surface area contributed by atoms with Gasteiger partial charge in [-0.25, -0.2) is 0 Å². The van der Waals surface area contributed by atoms with Gasteiger partial charge in [0.1, 0.15) is 5.54 Å². The summed E-state index contributed by atoms with van der Waals surface area (Å²) >= 11 is 0. The van der Waals surface area contributed by atoms with Crippen LogP contribution in [0.2, 0.25) is 0 Å². The van der Waals surface area contributed by atoms with Gasteiger partial charge in [0.15, 0.2) is 0 Å². The number of hydrogen-bond donors (Lipinski definition) is 1. The standard InChI is InChI=1S/C12H25N3/c1-11(2)6-7-12(3,10-13)14-8-9-15(4)5/h11,14H,6-9H2,1-5H3. The fourth-order valence-electron chi connectivity index (χ4n) is 1.32. The van der Waals surface area contributed by atoms with Crippen LogP contribution in [0.15, 0.2) is 0 Å². The fourth-order valence-corrected chi connectivity index (χ4v) is 1.32. The lowest BCUT2D eigenvalue weighted by Crippen LogP contribution is -2.44. The molecule has 0 saturated carbocycles. The molecule has 0 spiro atoms. The Morgan fingerprint density at radius 1 is 1.40 bits per heavy atom. The Balaban J connectivity index is 3.92. The number of nitrogens with one attached hydrogen (secondary N) is 1. The van der Waals surface area contributed by atoms with Crippen LogP contribution in [-0.4, -0.2) is 37.6 Å². The molecule has 15 heavy (non-hydrogen) atoms. The molecule has 0 aromatic rings. The van der Waals surface area contributed by atoms with Crippen molar-refractivity contribution in [3.05, 3.63) is 0 Å². The van der Waals surface area contributed by atoms with Gasteiger partial charge in [0.25, 0.3) is 0 Å². The highest BCUT2D eigenvalue weighted by Crippen LogP contribution is 2.15. The molecule has 1 N–H and O–H groups in total. The van der Waals surface area contributed by atoms with E-state index in [2.05, 4.69) is 30.1 Å². The Morgan fingerprint density at radius 2 is 2.00 bits per heavy atom. The third kappa shape index (κ3) is 7.35. The van der Waals surface area contributed by atoms with Crippen molar-refractivity contribution in [3.63, 3.8) is 0 Å². The van der Waals surface area contributed by atoms with E-state index in [1.165, 1.54) is 0 Å². The maximum atomic E-state index is 9.14. The predicted octanol–water partition coefficient (Wildman–Crippen LogP) is 1.86. The zero-order chi connectivity index (χ0) is 11.9. The molecule has 0 aromatic carbocycles. The van der Waals surface area contributed by atoms with Crippen molar-refractivity contribution in [1.29, 1.82) is 5.26 Å². The van der Waals surface area contributed by atoms with Gasteiger partial charge in [-0.05, 0) is 39.8 Å². The second kappa shape index (κ2) is 6.81. The topological polar surface area (TPSA) is 39.1 Å². The summed E-state index contributed by atoms with van der Waals surface area (Å²) in [5, 5.41) is 12.5. The minimum absolute atomic E-state index is 0.361. The molecule has 88 valence electrons. The van der Waals surface area contributed by atoms with Crippen LogP contribution in [0.3, 0.4) is 0 Å². The molecule has 0 fully saturated rings. The van der Waals surface area contributed by atoms with Gasteiger partial charge in [-0.3, -0.25) is 5.32 Å². The van der Waals surface area contributed by atoms with E-state index in [1.807, 2.05) is 21.0 Å². The summed E-state index contributed by atoms with van der Waals surface area (Å²) in [6.07, 6.45) is 2.02. The van der Waals surface area contributed by atoms with Crippen molar-refractivity contribution < 1.29 is 0 Å². The maximum absolute atomic E-state index is 9.14. The number of nitrogens with zero attached hydrogens (tertiary/aromatic N) is 2. The lowest BCUT2D eigenvalue weighted by atomic mass is 9.93. The van der Waals surface area contributed by atoms with E-state index in [-0.39, 0.29) is 5.54 Å². The normalized spacial score (nSPS) is 15.3. The monoisotopic (exact) mass is 211 g/mol. The highest BCUT2D eigenvalue weighted by Gasteiger charge is 2.22. The van der Waals surface area contributed by atoms with Gasteiger partial charge < -0.3 is 4.90 Å². The van der Waals surface area contributed by atoms with Crippen LogP contribution >= 0.6 is 0 Å². The molecule has 0 radical (unpaired) electrons. The summed E-state index contributed by atoms with van der Waals surface area (Å²) in [6.45, 7) is 8.22. The highest BCUT2D eigenvalue weighted by atomic mass is 15.1. The smallest absolute Gasteiger partial charge is 0.103 e. The quantitative estimate of drug-likeness (QED) is 0.698. The summed E-state index contributed by atoms with van der Waals surface area (Å²) in [4.78, 5) is 2.12. The zero-order valence-corrected chi connectivity index (χ0v) is 10.8. The average molecular weight is 211 g/mol. The molecule has 0 aromatic heterocycles. The molecule has 0 aliphatic carbocycles. The van der Waals surface area contributed by atoms with Gasteiger partial charge in [-0.2, -0.15) is 5.26 Å². The van der Waals surface area contributed by atoms with E-state index in [9.17, 15) is 0 Å². The van der Waals surface area contributed by atoms with Crippen LogP contribution in [-0.2, 0) is 0 Å². The molecule has 3 heteroatoms. The van der Waals surface area contributed by atoms with Gasteiger partial charge in [0.05, 0.1) is 6.07 Å². The van der Waals surface area contributed by atoms with Gasteiger partial charge >= 0.3 is 0 Å². The van der Waals surface area contributed by atoms with E-state index in [1.54, 1.807) is 0 Å². The number of rotatable bonds is 7. The third-order valence-electron chi connectivity index (χ3n) is 2.54. The molecular weight excluding hydrogens is 186 g/mol. The van der Waals surface area contributed by atoms with Gasteiger partial charge in [-0.1, -0.05) is 13.8 Å². The minimum Gasteiger partial charge on any atom is -0.308 e. The zero-order valence-electron chi connectivity index (χ0n) is 10.8. The van der Waals surface area contributed by atoms with Crippen LogP contribution in [0, 0.1) is 17.2 Å². The molecule has 0 bridgehead atoms. The summed E-state index contributed by atoms with van der Waals surface area (Å²) in [7, 11) is 4.08. The Kier molecular flexibility index (Phi) is 6.55. The second-order valence-electron chi connectivity index (χ2n) is 5.11. The van der Waals surface area contributed by atoms with E-state index in [4.69, 9.17) is 5.26 Å². The molecular formula is C12H25N3. The summed E-state index contributed by atoms with van der Waals surface area (Å²) in [6, 6.07) is 2.38. The first-order chi connectivity index (χ1) is 6.89. The Labute approximate surface area is 94.5 Å². The van der Waals surface area contributed by atoms with Gasteiger partial charge in [0, 0.05) is 13.1 Å². The molecule has 0 aliphatic heterocycles. The van der Waals surface area contributed by atoms with Crippen molar-refractivity contribution in [2.24, 2.45) is 5.92 Å². The SMILES string of the molecule is CC(C)CCC(C)(C#N)NCCN(C)C. The highest BCUT2D eigenvalue weighted by molar-refractivity contribution is 5.03. The molecule has 1 atom stereocenters. The molecule has 0 heterocycles. The van der Waals surface area contributed by atoms with Crippen LogP contribution in [0.25, 0.3) is 0 Å². The lowest BCUT2D eigenvalue weighted by Gasteiger charge is -2.25. The molecule has 1 unspecified atom stereocenters. The van der Waals surface area contributed by atoms with E-state index >= 15 is 0 Å². The van der Waals surface area contributed by atoms with Crippen LogP contribution in [0.1, 0.15) is 33.6 Å². The van der Waals surface area contributed by atoms with Crippen LogP contribution in [0.4, 0.5) is 0 Å². The van der Waals surface area contributed by atoms with Crippen molar-refractivity contribution >= 4 is 0 Å². The largest absolute Gasteiger partial charge is 0.308 e. The number of hydrogen-bond acceptors (Lipinski definition) is 3. The van der Waals surface area contributed by atoms with E-state index < -0.39 is 0 Å². The summed E-state index contributed by atoms with van der Waals surface area (Å²) in [5.74, 6) is 0.660. The first-order valence-corrected chi connectivity index (χ1v) is 5.70. The van der Waals surface area contributed by atoms with Crippen molar-refractivity contribution in [1.82, 2.24) is 10.2 Å². The Morgan fingerprint density at radius 3 is 2.40 bits per heavy atom. The Bertz CT molecular complexity index is 205. The summed E-state index contributed by atoms with van der Waals surface area (Å²) in [5.41, 5.74) is -0.361. The second-order valence-corrected chi connectivity index (χ2v) is 5.11. The molecule has 3 nitrogen and oxygen atoms in total. The molecule has 0 aliphatic rings. The number of likely N-dealkylation sites (N-methyl/N-ethyl adjacent to an activating group) is 1. The first-order valence-electron chi connectivity index (χ1n) is 5.70. The van der Waals surface area contributed by atoms with Crippen LogP contribution in [0.5, 0.6) is 0 Å². The molecule has 0 amide bonds. The molecule has 0 saturated heterocycles. The van der Waals surface area contributed by atoms with Gasteiger partial charge in [-0.15, -0.1) is 0 Å². The van der Waals surface area contributed by atoms with Crippen molar-refractivity contribution in [2.75, 3.05) is 27.2 Å². The minimum atomic E-state index is -0.361. The first kappa shape index (κ1) is 14.4. The van der Waals surface area contributed by atoms with E-state index in [0.29, 0.717) is 5.92 Å². The fraction of sp³-hybridized carbons (Fsp3) is 0.917. The van der Waals surface area contributed by atoms with E-state index in [0.717, 1.165) is 25.9 Å². The van der Waals surface area contributed by atoms with Gasteiger partial charge in [0.2, 0.25) is 0 Å². The van der Waals surface area contributed by atoms with Crippen molar-refractivity contribution in [2.45, 2.75) is 39.2 Å². The predicted molar refractivity (Wildman–Crippen MR) is 64.6 cm³/mol. The summed E-state index contributed by atoms with van der Waals surface area (Å²) < 4.78 is 0. The molecule has 0 rings (SSSR count). The Hall–Kier alpha value is -0.590. The maximum Gasteiger partial charge on any atom is 0.103 e. The van der Waals surface area contributed by atoms with Crippen LogP contribution < -0.4 is 5.32 Å². The van der Waals surface area contributed by atoms with Crippen molar-refractivity contribution in [3.8, 4) is 6.07 Å².